The SMILES string of the molecule is COC(=O)c1cc(N2CCCC2=O)ccc1[N+](=O)[O-]. The van der Waals surface area contributed by atoms with Crippen LogP contribution in [0.1, 0.15) is 23.2 Å². The highest BCUT2D eigenvalue weighted by Crippen LogP contribution is 2.28. The number of hydrogen-bond donors (Lipinski definition) is 0. The maximum absolute atomic E-state index is 11.6. The fourth-order valence-corrected chi connectivity index (χ4v) is 2.05. The molecule has 1 amide bonds. The number of carbonyl (C=O) groups is 2. The van der Waals surface area contributed by atoms with Crippen LogP contribution in [0.25, 0.3) is 0 Å². The second-order valence-corrected chi connectivity index (χ2v) is 4.10. The molecule has 1 heterocycles. The zero-order valence-corrected chi connectivity index (χ0v) is 10.3. The quantitative estimate of drug-likeness (QED) is 0.469. The Labute approximate surface area is 108 Å². The second kappa shape index (κ2) is 5.05. The van der Waals surface area contributed by atoms with Crippen molar-refractivity contribution >= 4 is 23.3 Å². The van der Waals surface area contributed by atoms with E-state index in [-0.39, 0.29) is 17.2 Å². The van der Waals surface area contributed by atoms with Gasteiger partial charge in [0.25, 0.3) is 5.69 Å². The van der Waals surface area contributed by atoms with Gasteiger partial charge in [0.05, 0.1) is 12.0 Å². The molecular formula is C12H12N2O5. The summed E-state index contributed by atoms with van der Waals surface area (Å²) in [6, 6.07) is 4.01. The third-order valence-corrected chi connectivity index (χ3v) is 2.97. The topological polar surface area (TPSA) is 89.8 Å². The number of benzene rings is 1. The van der Waals surface area contributed by atoms with Crippen LogP contribution in [0.2, 0.25) is 0 Å². The Morgan fingerprint density at radius 2 is 2.21 bits per heavy atom. The van der Waals surface area contributed by atoms with E-state index in [1.54, 1.807) is 0 Å². The van der Waals surface area contributed by atoms with Crippen LogP contribution in [-0.4, -0.2) is 30.5 Å². The lowest BCUT2D eigenvalue weighted by Gasteiger charge is -2.16. The summed E-state index contributed by atoms with van der Waals surface area (Å²) >= 11 is 0. The predicted molar refractivity (Wildman–Crippen MR) is 66.0 cm³/mol. The summed E-state index contributed by atoms with van der Waals surface area (Å²) in [5, 5.41) is 10.9. The maximum Gasteiger partial charge on any atom is 0.344 e. The van der Waals surface area contributed by atoms with Crippen molar-refractivity contribution in [2.45, 2.75) is 12.8 Å². The monoisotopic (exact) mass is 264 g/mol. The van der Waals surface area contributed by atoms with Crippen LogP contribution < -0.4 is 4.90 Å². The summed E-state index contributed by atoms with van der Waals surface area (Å²) in [4.78, 5) is 34.9. The van der Waals surface area contributed by atoms with Crippen LogP contribution in [0.15, 0.2) is 18.2 Å². The molecule has 2 rings (SSSR count). The summed E-state index contributed by atoms with van der Waals surface area (Å²) < 4.78 is 4.52. The molecule has 0 spiro atoms. The summed E-state index contributed by atoms with van der Waals surface area (Å²) in [6.07, 6.45) is 1.19. The Morgan fingerprint density at radius 3 is 2.74 bits per heavy atom. The van der Waals surface area contributed by atoms with Crippen molar-refractivity contribution in [1.29, 1.82) is 0 Å². The number of nitro benzene ring substituents is 1. The number of anilines is 1. The van der Waals surface area contributed by atoms with E-state index in [1.165, 1.54) is 23.1 Å². The van der Waals surface area contributed by atoms with E-state index >= 15 is 0 Å². The molecule has 0 N–H and O–H groups in total. The first-order chi connectivity index (χ1) is 9.04. The van der Waals surface area contributed by atoms with Gasteiger partial charge in [0, 0.05) is 24.7 Å². The van der Waals surface area contributed by atoms with Gasteiger partial charge in [-0.05, 0) is 18.6 Å². The van der Waals surface area contributed by atoms with E-state index in [0.29, 0.717) is 18.7 Å². The highest BCUT2D eigenvalue weighted by molar-refractivity contribution is 5.99. The largest absolute Gasteiger partial charge is 0.465 e. The molecule has 0 atom stereocenters. The predicted octanol–water partition coefficient (Wildman–Crippen LogP) is 1.51. The van der Waals surface area contributed by atoms with Gasteiger partial charge in [-0.3, -0.25) is 14.9 Å². The molecule has 0 radical (unpaired) electrons. The molecule has 1 aliphatic rings. The van der Waals surface area contributed by atoms with E-state index in [1.807, 2.05) is 0 Å². The molecule has 0 aromatic heterocycles. The Balaban J connectivity index is 2.46. The van der Waals surface area contributed by atoms with Crippen molar-refractivity contribution in [2.24, 2.45) is 0 Å². The summed E-state index contributed by atoms with van der Waals surface area (Å²) in [7, 11) is 1.15. The average molecular weight is 264 g/mol. The number of methoxy groups -OCH3 is 1. The van der Waals surface area contributed by atoms with Crippen molar-refractivity contribution in [3.05, 3.63) is 33.9 Å². The lowest BCUT2D eigenvalue weighted by molar-refractivity contribution is -0.385. The lowest BCUT2D eigenvalue weighted by atomic mass is 10.1. The van der Waals surface area contributed by atoms with E-state index in [9.17, 15) is 19.7 Å². The first-order valence-electron chi connectivity index (χ1n) is 5.71. The highest BCUT2D eigenvalue weighted by Gasteiger charge is 2.26. The molecule has 1 aromatic rings. The molecule has 0 unspecified atom stereocenters. The Kier molecular flexibility index (Phi) is 3.46. The highest BCUT2D eigenvalue weighted by atomic mass is 16.6. The zero-order chi connectivity index (χ0) is 14.0. The minimum absolute atomic E-state index is 0.0512. The van der Waals surface area contributed by atoms with Gasteiger partial charge < -0.3 is 9.64 Å². The number of carbonyl (C=O) groups excluding carboxylic acids is 2. The van der Waals surface area contributed by atoms with E-state index in [2.05, 4.69) is 4.74 Å². The van der Waals surface area contributed by atoms with Crippen LogP contribution in [0, 0.1) is 10.1 Å². The molecule has 1 saturated heterocycles. The molecule has 0 saturated carbocycles. The molecule has 7 nitrogen and oxygen atoms in total. The fourth-order valence-electron chi connectivity index (χ4n) is 2.05. The standard InChI is InChI=1S/C12H12N2O5/c1-19-12(16)9-7-8(4-5-10(9)14(17)18)13-6-2-3-11(13)15/h4-5,7H,2-3,6H2,1H3. The number of rotatable bonds is 3. The number of nitro groups is 1. The Bertz CT molecular complexity index is 555. The minimum atomic E-state index is -0.791. The van der Waals surface area contributed by atoms with Crippen molar-refractivity contribution in [3.8, 4) is 0 Å². The van der Waals surface area contributed by atoms with Crippen molar-refractivity contribution in [1.82, 2.24) is 0 Å². The summed E-state index contributed by atoms with van der Waals surface area (Å²) in [5.74, 6) is -0.843. The van der Waals surface area contributed by atoms with Gasteiger partial charge in [-0.25, -0.2) is 4.79 Å². The maximum atomic E-state index is 11.6. The minimum Gasteiger partial charge on any atom is -0.465 e. The number of esters is 1. The van der Waals surface area contributed by atoms with Gasteiger partial charge in [-0.2, -0.15) is 0 Å². The molecule has 1 fully saturated rings. The molecule has 0 bridgehead atoms. The zero-order valence-electron chi connectivity index (χ0n) is 10.3. The number of nitrogens with zero attached hydrogens (tertiary/aromatic N) is 2. The number of ether oxygens (including phenoxy) is 1. The van der Waals surface area contributed by atoms with Gasteiger partial charge >= 0.3 is 5.97 Å². The van der Waals surface area contributed by atoms with Crippen molar-refractivity contribution < 1.29 is 19.2 Å². The average Bonchev–Trinajstić information content (AvgIpc) is 2.83. The molecule has 0 aliphatic carbocycles. The second-order valence-electron chi connectivity index (χ2n) is 4.10. The van der Waals surface area contributed by atoms with Gasteiger partial charge in [0.15, 0.2) is 0 Å². The fraction of sp³-hybridized carbons (Fsp3) is 0.333. The Hall–Kier alpha value is -2.44. The van der Waals surface area contributed by atoms with Crippen molar-refractivity contribution in [3.63, 3.8) is 0 Å². The number of amides is 1. The van der Waals surface area contributed by atoms with Crippen LogP contribution in [0.4, 0.5) is 11.4 Å². The number of hydrogen-bond acceptors (Lipinski definition) is 5. The van der Waals surface area contributed by atoms with E-state index < -0.39 is 10.9 Å². The van der Waals surface area contributed by atoms with Crippen LogP contribution in [0.3, 0.4) is 0 Å². The lowest BCUT2D eigenvalue weighted by Crippen LogP contribution is -2.24. The third kappa shape index (κ3) is 2.40. The summed E-state index contributed by atoms with van der Waals surface area (Å²) in [5.41, 5.74) is 0.000413. The third-order valence-electron chi connectivity index (χ3n) is 2.97. The molecule has 7 heteroatoms. The van der Waals surface area contributed by atoms with Gasteiger partial charge in [-0.1, -0.05) is 0 Å². The normalized spacial score (nSPS) is 14.6. The van der Waals surface area contributed by atoms with Crippen molar-refractivity contribution in [2.75, 3.05) is 18.6 Å². The first-order valence-corrected chi connectivity index (χ1v) is 5.71. The van der Waals surface area contributed by atoms with E-state index in [4.69, 9.17) is 0 Å². The smallest absolute Gasteiger partial charge is 0.344 e. The van der Waals surface area contributed by atoms with Crippen LogP contribution in [0.5, 0.6) is 0 Å². The van der Waals surface area contributed by atoms with Gasteiger partial charge in [-0.15, -0.1) is 0 Å². The summed E-state index contributed by atoms with van der Waals surface area (Å²) in [6.45, 7) is 0.553. The molecular weight excluding hydrogens is 252 g/mol. The molecule has 1 aromatic carbocycles. The molecule has 100 valence electrons. The van der Waals surface area contributed by atoms with Crippen LogP contribution >= 0.6 is 0 Å². The van der Waals surface area contributed by atoms with Gasteiger partial charge in [0.2, 0.25) is 5.91 Å². The Morgan fingerprint density at radius 1 is 1.47 bits per heavy atom. The van der Waals surface area contributed by atoms with Crippen LogP contribution in [-0.2, 0) is 9.53 Å². The van der Waals surface area contributed by atoms with E-state index in [0.717, 1.165) is 13.5 Å². The molecule has 1 aliphatic heterocycles. The first kappa shape index (κ1) is 13.0. The van der Waals surface area contributed by atoms with Gasteiger partial charge in [0.1, 0.15) is 5.56 Å². The molecule has 19 heavy (non-hydrogen) atoms.